The minimum Gasteiger partial charge on any atom is -0.291 e. The Labute approximate surface area is 105 Å². The number of piperidine rings is 1. The van der Waals surface area contributed by atoms with Crippen LogP contribution < -0.4 is 0 Å². The third kappa shape index (κ3) is 2.84. The number of benzene rings is 1. The fourth-order valence-electron chi connectivity index (χ4n) is 2.26. The molecular formula is C13H15BrN2. The molecule has 0 spiro atoms. The van der Waals surface area contributed by atoms with Crippen LogP contribution in [0.15, 0.2) is 28.7 Å². The van der Waals surface area contributed by atoms with Gasteiger partial charge in [-0.05, 0) is 49.5 Å². The maximum absolute atomic E-state index is 8.64. The van der Waals surface area contributed by atoms with Crippen LogP contribution in [-0.2, 0) is 0 Å². The Kier molecular flexibility index (Phi) is 3.98. The summed E-state index contributed by atoms with van der Waals surface area (Å²) in [6, 6.07) is 10.8. The SMILES string of the molecule is N#CCN1CCC(c2ccc(Br)cc2)CC1. The lowest BCUT2D eigenvalue weighted by Crippen LogP contribution is -2.33. The third-order valence-corrected chi connectivity index (χ3v) is 3.75. The molecule has 0 unspecified atom stereocenters. The molecule has 1 aromatic carbocycles. The maximum Gasteiger partial charge on any atom is 0.0865 e. The number of hydrogen-bond donors (Lipinski definition) is 0. The molecule has 84 valence electrons. The molecule has 1 saturated heterocycles. The molecule has 1 heterocycles. The zero-order valence-corrected chi connectivity index (χ0v) is 10.8. The summed E-state index contributed by atoms with van der Waals surface area (Å²) in [5.41, 5.74) is 1.43. The molecule has 0 amide bonds. The van der Waals surface area contributed by atoms with Crippen molar-refractivity contribution in [3.05, 3.63) is 34.3 Å². The molecule has 3 heteroatoms. The number of hydrogen-bond acceptors (Lipinski definition) is 2. The van der Waals surface area contributed by atoms with Gasteiger partial charge in [-0.3, -0.25) is 4.90 Å². The van der Waals surface area contributed by atoms with E-state index in [1.165, 1.54) is 18.4 Å². The summed E-state index contributed by atoms with van der Waals surface area (Å²) in [6.45, 7) is 2.68. The van der Waals surface area contributed by atoms with Gasteiger partial charge in [-0.2, -0.15) is 5.26 Å². The summed E-state index contributed by atoms with van der Waals surface area (Å²) in [5, 5.41) is 8.64. The Bertz CT molecular complexity index is 372. The van der Waals surface area contributed by atoms with Crippen LogP contribution in [0.5, 0.6) is 0 Å². The van der Waals surface area contributed by atoms with E-state index in [0.717, 1.165) is 17.6 Å². The Balaban J connectivity index is 1.94. The van der Waals surface area contributed by atoms with Crippen molar-refractivity contribution in [1.82, 2.24) is 4.90 Å². The van der Waals surface area contributed by atoms with Gasteiger partial charge >= 0.3 is 0 Å². The average Bonchev–Trinajstić information content (AvgIpc) is 2.32. The van der Waals surface area contributed by atoms with Gasteiger partial charge in [0.1, 0.15) is 0 Å². The van der Waals surface area contributed by atoms with E-state index in [-0.39, 0.29) is 0 Å². The molecule has 1 fully saturated rings. The van der Waals surface area contributed by atoms with Crippen molar-refractivity contribution >= 4 is 15.9 Å². The summed E-state index contributed by atoms with van der Waals surface area (Å²) < 4.78 is 1.14. The van der Waals surface area contributed by atoms with Crippen LogP contribution in [0.2, 0.25) is 0 Å². The number of nitriles is 1. The summed E-state index contributed by atoms with van der Waals surface area (Å²) in [5.74, 6) is 0.669. The first kappa shape index (κ1) is 11.6. The van der Waals surface area contributed by atoms with Crippen molar-refractivity contribution in [3.8, 4) is 6.07 Å². The van der Waals surface area contributed by atoms with Crippen LogP contribution in [0, 0.1) is 11.3 Å². The number of halogens is 1. The average molecular weight is 279 g/mol. The van der Waals surface area contributed by atoms with Crippen molar-refractivity contribution in [2.45, 2.75) is 18.8 Å². The van der Waals surface area contributed by atoms with E-state index in [4.69, 9.17) is 5.26 Å². The molecule has 0 N–H and O–H groups in total. The molecule has 1 aliphatic heterocycles. The zero-order chi connectivity index (χ0) is 11.4. The molecule has 0 aliphatic carbocycles. The van der Waals surface area contributed by atoms with Crippen molar-refractivity contribution in [2.75, 3.05) is 19.6 Å². The highest BCUT2D eigenvalue weighted by atomic mass is 79.9. The Morgan fingerprint density at radius 1 is 1.25 bits per heavy atom. The molecule has 0 atom stereocenters. The minimum absolute atomic E-state index is 0.576. The Morgan fingerprint density at radius 2 is 1.88 bits per heavy atom. The topological polar surface area (TPSA) is 27.0 Å². The van der Waals surface area contributed by atoms with Gasteiger partial charge in [0.05, 0.1) is 12.6 Å². The first-order valence-corrected chi connectivity index (χ1v) is 6.43. The second-order valence-corrected chi connectivity index (χ2v) is 5.18. The summed E-state index contributed by atoms with van der Waals surface area (Å²) in [7, 11) is 0. The second kappa shape index (κ2) is 5.47. The van der Waals surface area contributed by atoms with Gasteiger partial charge in [-0.1, -0.05) is 28.1 Å². The van der Waals surface area contributed by atoms with Crippen molar-refractivity contribution < 1.29 is 0 Å². The van der Waals surface area contributed by atoms with Gasteiger partial charge in [-0.15, -0.1) is 0 Å². The van der Waals surface area contributed by atoms with Crippen molar-refractivity contribution in [2.24, 2.45) is 0 Å². The van der Waals surface area contributed by atoms with Gasteiger partial charge in [0.2, 0.25) is 0 Å². The lowest BCUT2D eigenvalue weighted by atomic mass is 9.89. The maximum atomic E-state index is 8.64. The van der Waals surface area contributed by atoms with Gasteiger partial charge in [0.15, 0.2) is 0 Å². The van der Waals surface area contributed by atoms with E-state index >= 15 is 0 Å². The second-order valence-electron chi connectivity index (χ2n) is 4.26. The Morgan fingerprint density at radius 3 is 2.44 bits per heavy atom. The molecule has 0 radical (unpaired) electrons. The quantitative estimate of drug-likeness (QED) is 0.778. The van der Waals surface area contributed by atoms with E-state index in [9.17, 15) is 0 Å². The predicted octanol–water partition coefficient (Wildman–Crippen LogP) is 3.15. The zero-order valence-electron chi connectivity index (χ0n) is 9.19. The standard InChI is InChI=1S/C13H15BrN2/c14-13-3-1-11(2-4-13)12-5-8-16(9-6-12)10-7-15/h1-4,12H,5-6,8-10H2. The smallest absolute Gasteiger partial charge is 0.0865 e. The summed E-state index contributed by atoms with van der Waals surface area (Å²) in [6.07, 6.45) is 2.34. The molecule has 1 aliphatic rings. The monoisotopic (exact) mass is 278 g/mol. The van der Waals surface area contributed by atoms with Crippen LogP contribution in [0.3, 0.4) is 0 Å². The predicted molar refractivity (Wildman–Crippen MR) is 68.2 cm³/mol. The summed E-state index contributed by atoms with van der Waals surface area (Å²) >= 11 is 3.46. The van der Waals surface area contributed by atoms with E-state index in [2.05, 4.69) is 51.2 Å². The van der Waals surface area contributed by atoms with E-state index in [0.29, 0.717) is 12.5 Å². The summed E-state index contributed by atoms with van der Waals surface area (Å²) in [4.78, 5) is 2.23. The largest absolute Gasteiger partial charge is 0.291 e. The molecule has 2 nitrogen and oxygen atoms in total. The molecule has 16 heavy (non-hydrogen) atoms. The van der Waals surface area contributed by atoms with E-state index in [1.807, 2.05) is 0 Å². The van der Waals surface area contributed by atoms with Crippen LogP contribution in [0.25, 0.3) is 0 Å². The lowest BCUT2D eigenvalue weighted by Gasteiger charge is -2.30. The van der Waals surface area contributed by atoms with Crippen molar-refractivity contribution in [3.63, 3.8) is 0 Å². The van der Waals surface area contributed by atoms with Gasteiger partial charge in [0, 0.05) is 4.47 Å². The first-order valence-electron chi connectivity index (χ1n) is 5.64. The number of nitrogens with zero attached hydrogens (tertiary/aromatic N) is 2. The first-order chi connectivity index (χ1) is 7.79. The Hall–Kier alpha value is -0.850. The molecule has 0 saturated carbocycles. The number of rotatable bonds is 2. The normalized spacial score (nSPS) is 18.2. The highest BCUT2D eigenvalue weighted by Crippen LogP contribution is 2.28. The van der Waals surface area contributed by atoms with Crippen molar-refractivity contribution in [1.29, 1.82) is 5.26 Å². The minimum atomic E-state index is 0.576. The molecule has 0 bridgehead atoms. The van der Waals surface area contributed by atoms with Gasteiger partial charge in [-0.25, -0.2) is 0 Å². The van der Waals surface area contributed by atoms with Gasteiger partial charge in [0.25, 0.3) is 0 Å². The van der Waals surface area contributed by atoms with E-state index in [1.54, 1.807) is 0 Å². The molecule has 0 aromatic heterocycles. The molecular weight excluding hydrogens is 264 g/mol. The van der Waals surface area contributed by atoms with Crippen LogP contribution in [0.4, 0.5) is 0 Å². The highest BCUT2D eigenvalue weighted by Gasteiger charge is 2.19. The molecule has 1 aromatic rings. The molecule has 2 rings (SSSR count). The van der Waals surface area contributed by atoms with Gasteiger partial charge < -0.3 is 0 Å². The lowest BCUT2D eigenvalue weighted by molar-refractivity contribution is 0.235. The fourth-order valence-corrected chi connectivity index (χ4v) is 2.52. The van der Waals surface area contributed by atoms with E-state index < -0.39 is 0 Å². The van der Waals surface area contributed by atoms with Crippen LogP contribution >= 0.6 is 15.9 Å². The van der Waals surface area contributed by atoms with Crippen LogP contribution in [0.1, 0.15) is 24.3 Å². The van der Waals surface area contributed by atoms with Crippen LogP contribution in [-0.4, -0.2) is 24.5 Å². The fraction of sp³-hybridized carbons (Fsp3) is 0.462. The highest BCUT2D eigenvalue weighted by molar-refractivity contribution is 9.10. The number of likely N-dealkylation sites (tertiary alicyclic amines) is 1. The third-order valence-electron chi connectivity index (χ3n) is 3.22.